The summed E-state index contributed by atoms with van der Waals surface area (Å²) in [5.74, 6) is 1.50. The third kappa shape index (κ3) is 4.19. The van der Waals surface area contributed by atoms with E-state index in [2.05, 4.69) is 5.32 Å². The SMILES string of the molecule is N=C1CCC(C(=O)Nc2cccc(Oc3ccccc3)c2)CC1. The van der Waals surface area contributed by atoms with E-state index in [4.69, 9.17) is 10.1 Å². The molecule has 1 amide bonds. The van der Waals surface area contributed by atoms with Gasteiger partial charge in [-0.3, -0.25) is 4.79 Å². The zero-order valence-corrected chi connectivity index (χ0v) is 12.9. The van der Waals surface area contributed by atoms with Gasteiger partial charge in [-0.1, -0.05) is 24.3 Å². The molecule has 4 nitrogen and oxygen atoms in total. The molecular formula is C19H20N2O2. The van der Waals surface area contributed by atoms with Gasteiger partial charge in [0.1, 0.15) is 11.5 Å². The van der Waals surface area contributed by atoms with Crippen LogP contribution in [0, 0.1) is 11.3 Å². The first-order valence-corrected chi connectivity index (χ1v) is 7.91. The highest BCUT2D eigenvalue weighted by atomic mass is 16.5. The van der Waals surface area contributed by atoms with Crippen LogP contribution in [-0.4, -0.2) is 11.6 Å². The summed E-state index contributed by atoms with van der Waals surface area (Å²) in [5.41, 5.74) is 1.50. The Morgan fingerprint density at radius 3 is 2.43 bits per heavy atom. The molecule has 0 spiro atoms. The quantitative estimate of drug-likeness (QED) is 0.865. The average Bonchev–Trinajstić information content (AvgIpc) is 2.57. The largest absolute Gasteiger partial charge is 0.457 e. The normalized spacial score (nSPS) is 17.6. The average molecular weight is 308 g/mol. The zero-order chi connectivity index (χ0) is 16.1. The number of hydrogen-bond acceptors (Lipinski definition) is 3. The van der Waals surface area contributed by atoms with Crippen LogP contribution >= 0.6 is 0 Å². The maximum Gasteiger partial charge on any atom is 0.227 e. The Kier molecular flexibility index (Phi) is 4.71. The third-order valence-electron chi connectivity index (χ3n) is 4.04. The van der Waals surface area contributed by atoms with Crippen LogP contribution in [0.4, 0.5) is 5.69 Å². The summed E-state index contributed by atoms with van der Waals surface area (Å²) in [6.07, 6.45) is 3.00. The van der Waals surface area contributed by atoms with E-state index >= 15 is 0 Å². The number of anilines is 1. The van der Waals surface area contributed by atoms with Gasteiger partial charge in [0.2, 0.25) is 5.91 Å². The lowest BCUT2D eigenvalue weighted by atomic mass is 9.87. The maximum absolute atomic E-state index is 12.3. The van der Waals surface area contributed by atoms with Gasteiger partial charge < -0.3 is 15.5 Å². The molecule has 3 rings (SSSR count). The molecule has 2 N–H and O–H groups in total. The van der Waals surface area contributed by atoms with Gasteiger partial charge in [0.05, 0.1) is 0 Å². The molecule has 0 radical (unpaired) electrons. The lowest BCUT2D eigenvalue weighted by Crippen LogP contribution is -2.27. The first kappa shape index (κ1) is 15.3. The van der Waals surface area contributed by atoms with Crippen molar-refractivity contribution in [1.82, 2.24) is 0 Å². The van der Waals surface area contributed by atoms with Crippen LogP contribution in [0.15, 0.2) is 54.6 Å². The molecule has 1 aliphatic carbocycles. The zero-order valence-electron chi connectivity index (χ0n) is 12.9. The summed E-state index contributed by atoms with van der Waals surface area (Å²) in [4.78, 5) is 12.3. The second kappa shape index (κ2) is 7.09. The standard InChI is InChI=1S/C19H20N2O2/c20-15-11-9-14(10-12-15)19(22)21-16-5-4-8-18(13-16)23-17-6-2-1-3-7-17/h1-8,13-14,20H,9-12H2,(H,21,22). The van der Waals surface area contributed by atoms with Crippen LogP contribution in [0.1, 0.15) is 25.7 Å². The summed E-state index contributed by atoms with van der Waals surface area (Å²) in [6.45, 7) is 0. The number of nitrogens with one attached hydrogen (secondary N) is 2. The second-order valence-electron chi connectivity index (χ2n) is 5.81. The summed E-state index contributed by atoms with van der Waals surface area (Å²) in [6, 6.07) is 17.0. The van der Waals surface area contributed by atoms with Gasteiger partial charge in [-0.15, -0.1) is 0 Å². The molecule has 0 atom stereocenters. The maximum atomic E-state index is 12.3. The number of para-hydroxylation sites is 1. The minimum Gasteiger partial charge on any atom is -0.457 e. The lowest BCUT2D eigenvalue weighted by Gasteiger charge is -2.21. The number of ether oxygens (including phenoxy) is 1. The Morgan fingerprint density at radius 2 is 1.70 bits per heavy atom. The molecule has 1 fully saturated rings. The first-order chi connectivity index (χ1) is 11.2. The van der Waals surface area contributed by atoms with Crippen LogP contribution in [0.25, 0.3) is 0 Å². The number of carbonyl (C=O) groups is 1. The molecule has 2 aromatic rings. The predicted octanol–water partition coefficient (Wildman–Crippen LogP) is 4.63. The fourth-order valence-corrected chi connectivity index (χ4v) is 2.73. The highest BCUT2D eigenvalue weighted by Crippen LogP contribution is 2.26. The minimum absolute atomic E-state index is 0.00259. The van der Waals surface area contributed by atoms with E-state index in [-0.39, 0.29) is 11.8 Å². The molecule has 0 unspecified atom stereocenters. The fraction of sp³-hybridized carbons (Fsp3) is 0.263. The topological polar surface area (TPSA) is 62.2 Å². The highest BCUT2D eigenvalue weighted by molar-refractivity contribution is 5.94. The van der Waals surface area contributed by atoms with Gasteiger partial charge in [-0.2, -0.15) is 0 Å². The van der Waals surface area contributed by atoms with Crippen molar-refractivity contribution in [2.45, 2.75) is 25.7 Å². The number of carbonyl (C=O) groups excluding carboxylic acids is 1. The summed E-state index contributed by atoms with van der Waals surface area (Å²) in [7, 11) is 0. The van der Waals surface area contributed by atoms with E-state index < -0.39 is 0 Å². The van der Waals surface area contributed by atoms with Crippen molar-refractivity contribution in [3.63, 3.8) is 0 Å². The number of amides is 1. The van der Waals surface area contributed by atoms with E-state index in [1.807, 2.05) is 54.6 Å². The van der Waals surface area contributed by atoms with Crippen LogP contribution < -0.4 is 10.1 Å². The van der Waals surface area contributed by atoms with E-state index in [0.29, 0.717) is 5.75 Å². The molecule has 1 aliphatic rings. The van der Waals surface area contributed by atoms with Gasteiger partial charge >= 0.3 is 0 Å². The Bertz CT molecular complexity index is 688. The third-order valence-corrected chi connectivity index (χ3v) is 4.04. The van der Waals surface area contributed by atoms with E-state index in [0.717, 1.165) is 42.8 Å². The molecule has 1 saturated carbocycles. The van der Waals surface area contributed by atoms with Gasteiger partial charge in [-0.25, -0.2) is 0 Å². The van der Waals surface area contributed by atoms with Crippen LogP contribution in [0.3, 0.4) is 0 Å². The molecule has 0 bridgehead atoms. The molecule has 23 heavy (non-hydrogen) atoms. The molecule has 0 aliphatic heterocycles. The lowest BCUT2D eigenvalue weighted by molar-refractivity contribution is -0.120. The van der Waals surface area contributed by atoms with Crippen molar-refractivity contribution in [2.75, 3.05) is 5.32 Å². The summed E-state index contributed by atoms with van der Waals surface area (Å²) >= 11 is 0. The fourth-order valence-electron chi connectivity index (χ4n) is 2.73. The van der Waals surface area contributed by atoms with Crippen molar-refractivity contribution in [2.24, 2.45) is 5.92 Å². The highest BCUT2D eigenvalue weighted by Gasteiger charge is 2.23. The van der Waals surface area contributed by atoms with Crippen LogP contribution in [0.2, 0.25) is 0 Å². The van der Waals surface area contributed by atoms with E-state index in [1.54, 1.807) is 0 Å². The Balaban J connectivity index is 1.63. The number of benzene rings is 2. The Hall–Kier alpha value is -2.62. The smallest absolute Gasteiger partial charge is 0.227 e. The second-order valence-corrected chi connectivity index (χ2v) is 5.81. The van der Waals surface area contributed by atoms with Crippen LogP contribution in [-0.2, 0) is 4.79 Å². The monoisotopic (exact) mass is 308 g/mol. The summed E-state index contributed by atoms with van der Waals surface area (Å²) in [5, 5.41) is 10.6. The van der Waals surface area contributed by atoms with Crippen molar-refractivity contribution < 1.29 is 9.53 Å². The van der Waals surface area contributed by atoms with Gasteiger partial charge in [0, 0.05) is 23.4 Å². The first-order valence-electron chi connectivity index (χ1n) is 7.91. The molecule has 4 heteroatoms. The van der Waals surface area contributed by atoms with Gasteiger partial charge in [0.15, 0.2) is 0 Å². The summed E-state index contributed by atoms with van der Waals surface area (Å²) < 4.78 is 5.78. The molecule has 118 valence electrons. The molecular weight excluding hydrogens is 288 g/mol. The van der Waals surface area contributed by atoms with Crippen molar-refractivity contribution >= 4 is 17.3 Å². The predicted molar refractivity (Wildman–Crippen MR) is 91.3 cm³/mol. The van der Waals surface area contributed by atoms with E-state index in [1.165, 1.54) is 0 Å². The Labute approximate surface area is 136 Å². The van der Waals surface area contributed by atoms with Crippen molar-refractivity contribution in [3.8, 4) is 11.5 Å². The van der Waals surface area contributed by atoms with Crippen LogP contribution in [0.5, 0.6) is 11.5 Å². The van der Waals surface area contributed by atoms with Crippen molar-refractivity contribution in [1.29, 1.82) is 5.41 Å². The van der Waals surface area contributed by atoms with Gasteiger partial charge in [-0.05, 0) is 49.9 Å². The number of hydrogen-bond donors (Lipinski definition) is 2. The molecule has 0 saturated heterocycles. The Morgan fingerprint density at radius 1 is 1.00 bits per heavy atom. The number of rotatable bonds is 4. The molecule has 0 heterocycles. The minimum atomic E-state index is 0.00259. The van der Waals surface area contributed by atoms with Crippen molar-refractivity contribution in [3.05, 3.63) is 54.6 Å². The van der Waals surface area contributed by atoms with Gasteiger partial charge in [0.25, 0.3) is 0 Å². The molecule has 0 aromatic heterocycles. The van der Waals surface area contributed by atoms with E-state index in [9.17, 15) is 4.79 Å². The molecule has 2 aromatic carbocycles.